The summed E-state index contributed by atoms with van der Waals surface area (Å²) < 4.78 is 0. The molecule has 1 heterocycles. The highest BCUT2D eigenvalue weighted by Crippen LogP contribution is 2.17. The SMILES string of the molecule is Cc1cccc(CC(=O)Nc2ccc3[nH]ncc3c2)c1. The molecule has 0 radical (unpaired) electrons. The van der Waals surface area contributed by atoms with Gasteiger partial charge in [-0.1, -0.05) is 29.8 Å². The number of aromatic amines is 1. The van der Waals surface area contributed by atoms with E-state index < -0.39 is 0 Å². The van der Waals surface area contributed by atoms with Crippen molar-refractivity contribution in [2.24, 2.45) is 0 Å². The number of rotatable bonds is 3. The summed E-state index contributed by atoms with van der Waals surface area (Å²) in [7, 11) is 0. The van der Waals surface area contributed by atoms with Crippen molar-refractivity contribution in [1.29, 1.82) is 0 Å². The number of hydrogen-bond donors (Lipinski definition) is 2. The van der Waals surface area contributed by atoms with Gasteiger partial charge in [0, 0.05) is 11.1 Å². The number of benzene rings is 2. The van der Waals surface area contributed by atoms with E-state index in [1.165, 1.54) is 0 Å². The Kier molecular flexibility index (Phi) is 3.21. The Morgan fingerprint density at radius 2 is 2.15 bits per heavy atom. The summed E-state index contributed by atoms with van der Waals surface area (Å²) in [4.78, 5) is 12.0. The van der Waals surface area contributed by atoms with Crippen molar-refractivity contribution in [3.8, 4) is 0 Å². The molecule has 2 N–H and O–H groups in total. The molecular weight excluding hydrogens is 250 g/mol. The number of aromatic nitrogens is 2. The zero-order chi connectivity index (χ0) is 13.9. The fourth-order valence-corrected chi connectivity index (χ4v) is 2.23. The van der Waals surface area contributed by atoms with E-state index in [4.69, 9.17) is 0 Å². The maximum Gasteiger partial charge on any atom is 0.228 e. The molecule has 0 bridgehead atoms. The maximum absolute atomic E-state index is 12.0. The lowest BCUT2D eigenvalue weighted by Gasteiger charge is -2.06. The fraction of sp³-hybridized carbons (Fsp3) is 0.125. The molecule has 1 amide bonds. The summed E-state index contributed by atoms with van der Waals surface area (Å²) in [6.07, 6.45) is 2.12. The molecule has 0 aliphatic rings. The molecule has 100 valence electrons. The first-order valence-corrected chi connectivity index (χ1v) is 6.49. The van der Waals surface area contributed by atoms with Gasteiger partial charge in [0.25, 0.3) is 0 Å². The van der Waals surface area contributed by atoms with Crippen LogP contribution in [0.2, 0.25) is 0 Å². The molecule has 0 atom stereocenters. The van der Waals surface area contributed by atoms with Crippen LogP contribution < -0.4 is 5.32 Å². The van der Waals surface area contributed by atoms with Gasteiger partial charge in [-0.3, -0.25) is 9.89 Å². The van der Waals surface area contributed by atoms with Crippen LogP contribution in [0.3, 0.4) is 0 Å². The number of H-pyrrole nitrogens is 1. The second-order valence-electron chi connectivity index (χ2n) is 4.89. The maximum atomic E-state index is 12.0. The van der Waals surface area contributed by atoms with Crippen LogP contribution in [0.1, 0.15) is 11.1 Å². The summed E-state index contributed by atoms with van der Waals surface area (Å²) in [6, 6.07) is 13.7. The smallest absolute Gasteiger partial charge is 0.228 e. The number of nitrogens with one attached hydrogen (secondary N) is 2. The zero-order valence-corrected chi connectivity index (χ0v) is 11.2. The lowest BCUT2D eigenvalue weighted by molar-refractivity contribution is -0.115. The molecule has 3 aromatic rings. The Morgan fingerprint density at radius 3 is 3.00 bits per heavy atom. The topological polar surface area (TPSA) is 57.8 Å². The van der Waals surface area contributed by atoms with Crippen LogP contribution in [0.15, 0.2) is 48.7 Å². The quantitative estimate of drug-likeness (QED) is 0.764. The van der Waals surface area contributed by atoms with Crippen LogP contribution in [0.4, 0.5) is 5.69 Å². The highest BCUT2D eigenvalue weighted by molar-refractivity contribution is 5.94. The van der Waals surface area contributed by atoms with Crippen molar-refractivity contribution in [3.05, 3.63) is 59.8 Å². The molecule has 0 saturated carbocycles. The fourth-order valence-electron chi connectivity index (χ4n) is 2.23. The molecule has 3 rings (SSSR count). The van der Waals surface area contributed by atoms with Gasteiger partial charge >= 0.3 is 0 Å². The minimum Gasteiger partial charge on any atom is -0.326 e. The Morgan fingerprint density at radius 1 is 1.25 bits per heavy atom. The highest BCUT2D eigenvalue weighted by Gasteiger charge is 2.05. The average Bonchev–Trinajstić information content (AvgIpc) is 2.86. The number of nitrogens with zero attached hydrogens (tertiary/aromatic N) is 1. The van der Waals surface area contributed by atoms with Gasteiger partial charge in [-0.25, -0.2) is 0 Å². The normalized spacial score (nSPS) is 10.7. The van der Waals surface area contributed by atoms with Gasteiger partial charge < -0.3 is 5.32 Å². The van der Waals surface area contributed by atoms with Crippen LogP contribution >= 0.6 is 0 Å². The lowest BCUT2D eigenvalue weighted by atomic mass is 10.1. The van der Waals surface area contributed by atoms with E-state index in [2.05, 4.69) is 15.5 Å². The number of carbonyl (C=O) groups excluding carboxylic acids is 1. The molecular formula is C16H15N3O. The van der Waals surface area contributed by atoms with Gasteiger partial charge in [0.1, 0.15) is 0 Å². The van der Waals surface area contributed by atoms with Crippen LogP contribution in [0, 0.1) is 6.92 Å². The van der Waals surface area contributed by atoms with E-state index in [0.717, 1.165) is 27.7 Å². The Bertz CT molecular complexity index is 761. The van der Waals surface area contributed by atoms with Gasteiger partial charge in [-0.2, -0.15) is 5.10 Å². The highest BCUT2D eigenvalue weighted by atomic mass is 16.1. The van der Waals surface area contributed by atoms with Crippen LogP contribution in [0.5, 0.6) is 0 Å². The van der Waals surface area contributed by atoms with E-state index in [0.29, 0.717) is 6.42 Å². The van der Waals surface area contributed by atoms with Gasteiger partial charge in [0.15, 0.2) is 0 Å². The third-order valence-corrected chi connectivity index (χ3v) is 3.17. The number of aryl methyl sites for hydroxylation is 1. The molecule has 0 aliphatic heterocycles. The molecule has 0 aliphatic carbocycles. The number of fused-ring (bicyclic) bond motifs is 1. The molecule has 0 unspecified atom stereocenters. The summed E-state index contributed by atoms with van der Waals surface area (Å²) in [5.41, 5.74) is 3.93. The van der Waals surface area contributed by atoms with Gasteiger partial charge in [0.05, 0.1) is 18.1 Å². The van der Waals surface area contributed by atoms with Gasteiger partial charge in [-0.15, -0.1) is 0 Å². The molecule has 0 saturated heterocycles. The summed E-state index contributed by atoms with van der Waals surface area (Å²) in [5, 5.41) is 10.7. The second-order valence-corrected chi connectivity index (χ2v) is 4.89. The first-order valence-electron chi connectivity index (χ1n) is 6.49. The van der Waals surface area contributed by atoms with E-state index in [-0.39, 0.29) is 5.91 Å². The zero-order valence-electron chi connectivity index (χ0n) is 11.2. The van der Waals surface area contributed by atoms with Crippen LogP contribution in [-0.2, 0) is 11.2 Å². The molecule has 1 aromatic heterocycles. The monoisotopic (exact) mass is 265 g/mol. The van der Waals surface area contributed by atoms with E-state index in [1.54, 1.807) is 6.20 Å². The van der Waals surface area contributed by atoms with Gasteiger partial charge in [-0.05, 0) is 30.7 Å². The minimum atomic E-state index is -0.0153. The summed E-state index contributed by atoms with van der Waals surface area (Å²) >= 11 is 0. The third kappa shape index (κ3) is 2.69. The standard InChI is InChI=1S/C16H15N3O/c1-11-3-2-4-12(7-11)8-16(20)18-14-5-6-15-13(9-14)10-17-19-15/h2-7,9-10H,8H2,1H3,(H,17,19)(H,18,20). The first-order chi connectivity index (χ1) is 9.70. The largest absolute Gasteiger partial charge is 0.326 e. The average molecular weight is 265 g/mol. The Balaban J connectivity index is 1.72. The number of amides is 1. The van der Waals surface area contributed by atoms with E-state index in [1.807, 2.05) is 49.4 Å². The first kappa shape index (κ1) is 12.4. The van der Waals surface area contributed by atoms with Crippen molar-refractivity contribution >= 4 is 22.5 Å². The number of carbonyl (C=O) groups is 1. The van der Waals surface area contributed by atoms with E-state index >= 15 is 0 Å². The molecule has 20 heavy (non-hydrogen) atoms. The molecule has 2 aromatic carbocycles. The van der Waals surface area contributed by atoms with Crippen molar-refractivity contribution in [1.82, 2.24) is 10.2 Å². The Labute approximate surface area is 116 Å². The molecule has 4 nitrogen and oxygen atoms in total. The van der Waals surface area contributed by atoms with Crippen molar-refractivity contribution in [2.45, 2.75) is 13.3 Å². The van der Waals surface area contributed by atoms with Crippen molar-refractivity contribution < 1.29 is 4.79 Å². The summed E-state index contributed by atoms with van der Waals surface area (Å²) in [5.74, 6) is -0.0153. The third-order valence-electron chi connectivity index (χ3n) is 3.17. The van der Waals surface area contributed by atoms with E-state index in [9.17, 15) is 4.79 Å². The van der Waals surface area contributed by atoms with Crippen molar-refractivity contribution in [2.75, 3.05) is 5.32 Å². The molecule has 0 fully saturated rings. The predicted molar refractivity (Wildman–Crippen MR) is 79.6 cm³/mol. The number of anilines is 1. The minimum absolute atomic E-state index is 0.0153. The van der Waals surface area contributed by atoms with Crippen molar-refractivity contribution in [3.63, 3.8) is 0 Å². The van der Waals surface area contributed by atoms with Crippen LogP contribution in [-0.4, -0.2) is 16.1 Å². The van der Waals surface area contributed by atoms with Crippen LogP contribution in [0.25, 0.3) is 10.9 Å². The summed E-state index contributed by atoms with van der Waals surface area (Å²) in [6.45, 7) is 2.02. The lowest BCUT2D eigenvalue weighted by Crippen LogP contribution is -2.14. The predicted octanol–water partition coefficient (Wildman–Crippen LogP) is 3.05. The molecule has 0 spiro atoms. The number of hydrogen-bond acceptors (Lipinski definition) is 2. The Hall–Kier alpha value is -2.62. The van der Waals surface area contributed by atoms with Gasteiger partial charge in [0.2, 0.25) is 5.91 Å². The second kappa shape index (κ2) is 5.17. The molecule has 4 heteroatoms.